The minimum Gasteiger partial charge on any atom is -0.379 e. The van der Waals surface area contributed by atoms with Crippen LogP contribution in [0.4, 0.5) is 0 Å². The SMILES string of the molecule is CC(C)OCCCn1c(SCCCNS(C)(=O)=O)nc2cc(Cl)ccc2c1=O. The Morgan fingerprint density at radius 3 is 2.75 bits per heavy atom. The number of halogens is 1. The molecule has 0 spiro atoms. The maximum atomic E-state index is 12.9. The van der Waals surface area contributed by atoms with Gasteiger partial charge in [-0.05, 0) is 44.9 Å². The molecule has 28 heavy (non-hydrogen) atoms. The fourth-order valence-corrected chi connectivity index (χ4v) is 4.16. The molecule has 0 aliphatic carbocycles. The van der Waals surface area contributed by atoms with E-state index in [4.69, 9.17) is 16.3 Å². The molecular weight excluding hydrogens is 422 g/mol. The number of nitrogens with zero attached hydrogens (tertiary/aromatic N) is 2. The second kappa shape index (κ2) is 10.6. The highest BCUT2D eigenvalue weighted by molar-refractivity contribution is 7.99. The standard InChI is InChI=1S/C18H26ClN3O4S2/c1-13(2)26-10-5-9-22-17(23)15-7-6-14(19)12-16(15)21-18(22)27-11-4-8-20-28(3,24)25/h6-7,12-13,20H,4-5,8-11H2,1-3H3. The van der Waals surface area contributed by atoms with Crippen LogP contribution in [-0.4, -0.2) is 49.2 Å². The summed E-state index contributed by atoms with van der Waals surface area (Å²) in [5.74, 6) is 0.628. The van der Waals surface area contributed by atoms with Crippen LogP contribution in [0.5, 0.6) is 0 Å². The van der Waals surface area contributed by atoms with Crippen LogP contribution in [0, 0.1) is 0 Å². The van der Waals surface area contributed by atoms with E-state index in [0.717, 1.165) is 6.26 Å². The normalized spacial score (nSPS) is 12.2. The van der Waals surface area contributed by atoms with E-state index < -0.39 is 10.0 Å². The first-order valence-corrected chi connectivity index (χ1v) is 12.3. The van der Waals surface area contributed by atoms with Crippen molar-refractivity contribution >= 4 is 44.3 Å². The van der Waals surface area contributed by atoms with E-state index in [1.807, 2.05) is 13.8 Å². The number of rotatable bonds is 11. The van der Waals surface area contributed by atoms with E-state index in [-0.39, 0.29) is 11.7 Å². The van der Waals surface area contributed by atoms with Crippen molar-refractivity contribution in [2.45, 2.75) is 44.5 Å². The van der Waals surface area contributed by atoms with E-state index >= 15 is 0 Å². The molecule has 2 rings (SSSR count). The summed E-state index contributed by atoms with van der Waals surface area (Å²) in [7, 11) is -3.20. The number of ether oxygens (including phenoxy) is 1. The summed E-state index contributed by atoms with van der Waals surface area (Å²) in [5, 5.41) is 1.65. The van der Waals surface area contributed by atoms with E-state index in [1.165, 1.54) is 11.8 Å². The molecule has 0 saturated heterocycles. The summed E-state index contributed by atoms with van der Waals surface area (Å²) in [4.78, 5) is 17.6. The van der Waals surface area contributed by atoms with Crippen LogP contribution in [0.1, 0.15) is 26.7 Å². The second-order valence-corrected chi connectivity index (χ2v) is 9.99. The Balaban J connectivity index is 2.17. The highest BCUT2D eigenvalue weighted by Crippen LogP contribution is 2.21. The number of hydrogen-bond donors (Lipinski definition) is 1. The molecule has 1 aromatic heterocycles. The minimum absolute atomic E-state index is 0.108. The fraction of sp³-hybridized carbons (Fsp3) is 0.556. The summed E-state index contributed by atoms with van der Waals surface area (Å²) in [6.07, 6.45) is 2.59. The van der Waals surface area contributed by atoms with Gasteiger partial charge in [-0.1, -0.05) is 23.4 Å². The van der Waals surface area contributed by atoms with Gasteiger partial charge in [-0.15, -0.1) is 0 Å². The maximum Gasteiger partial charge on any atom is 0.262 e. The number of fused-ring (bicyclic) bond motifs is 1. The predicted molar refractivity (Wildman–Crippen MR) is 115 cm³/mol. The number of sulfonamides is 1. The summed E-state index contributed by atoms with van der Waals surface area (Å²) in [6, 6.07) is 5.06. The molecule has 0 saturated carbocycles. The van der Waals surface area contributed by atoms with Crippen LogP contribution in [0.3, 0.4) is 0 Å². The Labute approximate surface area is 174 Å². The Kier molecular flexibility index (Phi) is 8.76. The minimum atomic E-state index is -3.20. The highest BCUT2D eigenvalue weighted by atomic mass is 35.5. The molecule has 0 aliphatic heterocycles. The van der Waals surface area contributed by atoms with E-state index in [1.54, 1.807) is 22.8 Å². The molecule has 1 heterocycles. The molecule has 2 aromatic rings. The average molecular weight is 448 g/mol. The van der Waals surface area contributed by atoms with Crippen molar-refractivity contribution in [2.24, 2.45) is 0 Å². The van der Waals surface area contributed by atoms with Crippen molar-refractivity contribution in [2.75, 3.05) is 25.2 Å². The van der Waals surface area contributed by atoms with Gasteiger partial charge in [0.2, 0.25) is 10.0 Å². The van der Waals surface area contributed by atoms with Crippen LogP contribution in [-0.2, 0) is 21.3 Å². The lowest BCUT2D eigenvalue weighted by Crippen LogP contribution is -2.25. The zero-order chi connectivity index (χ0) is 20.7. The van der Waals surface area contributed by atoms with Crippen LogP contribution < -0.4 is 10.3 Å². The molecule has 0 aliphatic rings. The van der Waals surface area contributed by atoms with Crippen molar-refractivity contribution in [1.29, 1.82) is 0 Å². The van der Waals surface area contributed by atoms with E-state index in [2.05, 4.69) is 9.71 Å². The lowest BCUT2D eigenvalue weighted by Gasteiger charge is -2.14. The number of hydrogen-bond acceptors (Lipinski definition) is 6. The third-order valence-corrected chi connectivity index (χ3v) is 5.80. The van der Waals surface area contributed by atoms with E-state index in [9.17, 15) is 13.2 Å². The number of aromatic nitrogens is 2. The van der Waals surface area contributed by atoms with Gasteiger partial charge in [-0.25, -0.2) is 18.1 Å². The van der Waals surface area contributed by atoms with Crippen LogP contribution in [0.15, 0.2) is 28.2 Å². The quantitative estimate of drug-likeness (QED) is 0.323. The van der Waals surface area contributed by atoms with Crippen molar-refractivity contribution in [3.05, 3.63) is 33.6 Å². The first-order valence-electron chi connectivity index (χ1n) is 9.06. The molecule has 0 atom stereocenters. The molecule has 1 N–H and O–H groups in total. The van der Waals surface area contributed by atoms with Gasteiger partial charge >= 0.3 is 0 Å². The molecule has 7 nitrogen and oxygen atoms in total. The molecule has 0 unspecified atom stereocenters. The van der Waals surface area contributed by atoms with E-state index in [0.29, 0.717) is 59.4 Å². The molecule has 10 heteroatoms. The largest absolute Gasteiger partial charge is 0.379 e. The zero-order valence-corrected chi connectivity index (χ0v) is 18.7. The summed E-state index contributed by atoms with van der Waals surface area (Å²) in [5.41, 5.74) is 0.451. The molecule has 0 bridgehead atoms. The Morgan fingerprint density at radius 1 is 1.32 bits per heavy atom. The lowest BCUT2D eigenvalue weighted by molar-refractivity contribution is 0.0743. The van der Waals surface area contributed by atoms with Crippen molar-refractivity contribution in [1.82, 2.24) is 14.3 Å². The van der Waals surface area contributed by atoms with Gasteiger partial charge in [0.1, 0.15) is 0 Å². The first kappa shape index (κ1) is 23.2. The van der Waals surface area contributed by atoms with Crippen LogP contribution in [0.25, 0.3) is 10.9 Å². The van der Waals surface area contributed by atoms with Crippen molar-refractivity contribution in [3.8, 4) is 0 Å². The van der Waals surface area contributed by atoms with Crippen LogP contribution in [0.2, 0.25) is 5.02 Å². The predicted octanol–water partition coefficient (Wildman–Crippen LogP) is 2.90. The van der Waals surface area contributed by atoms with Gasteiger partial charge in [0.05, 0.1) is 23.3 Å². The van der Waals surface area contributed by atoms with Gasteiger partial charge in [0, 0.05) is 30.5 Å². The summed E-state index contributed by atoms with van der Waals surface area (Å²) in [6.45, 7) is 5.35. The van der Waals surface area contributed by atoms with Gasteiger partial charge < -0.3 is 4.74 Å². The molecular formula is C18H26ClN3O4S2. The third-order valence-electron chi connectivity index (χ3n) is 3.78. The summed E-state index contributed by atoms with van der Waals surface area (Å²) < 4.78 is 32.0. The molecule has 156 valence electrons. The van der Waals surface area contributed by atoms with Gasteiger partial charge in [0.15, 0.2) is 5.16 Å². The molecule has 0 fully saturated rings. The Bertz CT molecular complexity index is 961. The molecule has 1 aromatic carbocycles. The highest BCUT2D eigenvalue weighted by Gasteiger charge is 2.12. The van der Waals surface area contributed by atoms with Crippen molar-refractivity contribution < 1.29 is 13.2 Å². The van der Waals surface area contributed by atoms with Gasteiger partial charge in [0.25, 0.3) is 5.56 Å². The second-order valence-electron chi connectivity index (χ2n) is 6.65. The summed E-state index contributed by atoms with van der Waals surface area (Å²) >= 11 is 7.48. The maximum absolute atomic E-state index is 12.9. The zero-order valence-electron chi connectivity index (χ0n) is 16.3. The monoisotopic (exact) mass is 447 g/mol. The van der Waals surface area contributed by atoms with Crippen LogP contribution >= 0.6 is 23.4 Å². The number of thioether (sulfide) groups is 1. The first-order chi connectivity index (χ1) is 13.2. The fourth-order valence-electron chi connectivity index (χ4n) is 2.52. The smallest absolute Gasteiger partial charge is 0.262 e. The average Bonchev–Trinajstić information content (AvgIpc) is 2.58. The Morgan fingerprint density at radius 2 is 2.07 bits per heavy atom. The number of benzene rings is 1. The lowest BCUT2D eigenvalue weighted by atomic mass is 10.2. The number of nitrogens with one attached hydrogen (secondary N) is 1. The third kappa shape index (κ3) is 7.36. The van der Waals surface area contributed by atoms with Gasteiger partial charge in [-0.3, -0.25) is 9.36 Å². The van der Waals surface area contributed by atoms with Crippen molar-refractivity contribution in [3.63, 3.8) is 0 Å². The van der Waals surface area contributed by atoms with Gasteiger partial charge in [-0.2, -0.15) is 0 Å². The molecule has 0 radical (unpaired) electrons. The molecule has 0 amide bonds. The topological polar surface area (TPSA) is 90.3 Å². The Hall–Kier alpha value is -1.13.